The number of epoxide rings is 1. The molecule has 1 saturated heterocycles. The van der Waals surface area contributed by atoms with E-state index in [1.54, 1.807) is 0 Å². The van der Waals surface area contributed by atoms with E-state index in [2.05, 4.69) is 0 Å². The highest BCUT2D eigenvalue weighted by Gasteiger charge is 2.66. The molecule has 0 N–H and O–H groups in total. The van der Waals surface area contributed by atoms with Crippen molar-refractivity contribution in [3.63, 3.8) is 0 Å². The van der Waals surface area contributed by atoms with Crippen LogP contribution in [0.15, 0.2) is 0 Å². The van der Waals surface area contributed by atoms with Crippen LogP contribution in [0.1, 0.15) is 26.2 Å². The van der Waals surface area contributed by atoms with Crippen molar-refractivity contribution in [1.82, 2.24) is 0 Å². The second-order valence-corrected chi connectivity index (χ2v) is 6.12. The van der Waals surface area contributed by atoms with Crippen molar-refractivity contribution in [2.24, 2.45) is 23.7 Å². The molecule has 3 aliphatic carbocycles. The summed E-state index contributed by atoms with van der Waals surface area (Å²) in [4.78, 5) is 0. The van der Waals surface area contributed by atoms with E-state index in [0.717, 1.165) is 43.5 Å². The van der Waals surface area contributed by atoms with Crippen molar-refractivity contribution < 1.29 is 14.2 Å². The summed E-state index contributed by atoms with van der Waals surface area (Å²) in [5, 5.41) is 0. The third-order valence-electron chi connectivity index (χ3n) is 5.45. The fourth-order valence-electron chi connectivity index (χ4n) is 4.86. The van der Waals surface area contributed by atoms with E-state index in [4.69, 9.17) is 14.2 Å². The summed E-state index contributed by atoms with van der Waals surface area (Å²) in [5.41, 5.74) is 0. The Hall–Kier alpha value is -0.120. The summed E-state index contributed by atoms with van der Waals surface area (Å²) in [5.74, 6) is 3.56. The smallest absolute Gasteiger partial charge is 0.0875 e. The lowest BCUT2D eigenvalue weighted by Gasteiger charge is -2.32. The summed E-state index contributed by atoms with van der Waals surface area (Å²) < 4.78 is 17.1. The fourth-order valence-corrected chi connectivity index (χ4v) is 4.86. The van der Waals surface area contributed by atoms with E-state index in [1.165, 1.54) is 19.3 Å². The van der Waals surface area contributed by atoms with E-state index in [-0.39, 0.29) is 0 Å². The molecule has 0 amide bonds. The Bertz CT molecular complexity index is 306. The Kier molecular flexibility index (Phi) is 2.50. The van der Waals surface area contributed by atoms with Crippen LogP contribution in [0.3, 0.4) is 0 Å². The van der Waals surface area contributed by atoms with Gasteiger partial charge in [-0.3, -0.25) is 0 Å². The maximum atomic E-state index is 6.03. The molecule has 0 aromatic rings. The van der Waals surface area contributed by atoms with Crippen LogP contribution in [-0.4, -0.2) is 38.1 Å². The predicted octanol–water partition coefficient (Wildman–Crippen LogP) is 1.85. The van der Waals surface area contributed by atoms with Gasteiger partial charge in [0.15, 0.2) is 0 Å². The van der Waals surface area contributed by atoms with Crippen molar-refractivity contribution in [2.75, 3.05) is 19.8 Å². The minimum atomic E-state index is 0.527. The van der Waals surface area contributed by atoms with Crippen molar-refractivity contribution in [3.05, 3.63) is 0 Å². The Morgan fingerprint density at radius 2 is 2.06 bits per heavy atom. The molecule has 4 rings (SSSR count). The SMILES string of the molecule is CCOCCO[C@H]1C[C@H]2C[C@@H]1C1CC3OC3C12. The maximum absolute atomic E-state index is 6.03. The lowest BCUT2D eigenvalue weighted by atomic mass is 9.79. The Balaban J connectivity index is 1.33. The molecule has 3 saturated carbocycles. The minimum absolute atomic E-state index is 0.527. The molecular weight excluding hydrogens is 216 g/mol. The van der Waals surface area contributed by atoms with Gasteiger partial charge in [-0.2, -0.15) is 0 Å². The summed E-state index contributed by atoms with van der Waals surface area (Å²) >= 11 is 0. The topological polar surface area (TPSA) is 31.0 Å². The molecular formula is C14H22O3. The molecule has 96 valence electrons. The van der Waals surface area contributed by atoms with Gasteiger partial charge in [-0.15, -0.1) is 0 Å². The van der Waals surface area contributed by atoms with Gasteiger partial charge >= 0.3 is 0 Å². The van der Waals surface area contributed by atoms with Gasteiger partial charge in [-0.05, 0) is 49.9 Å². The van der Waals surface area contributed by atoms with Crippen LogP contribution in [0.4, 0.5) is 0 Å². The van der Waals surface area contributed by atoms with Gasteiger partial charge in [-0.1, -0.05) is 0 Å². The van der Waals surface area contributed by atoms with Gasteiger partial charge in [0.25, 0.3) is 0 Å². The van der Waals surface area contributed by atoms with Crippen LogP contribution in [0.2, 0.25) is 0 Å². The summed E-state index contributed by atoms with van der Waals surface area (Å²) in [7, 11) is 0. The second-order valence-electron chi connectivity index (χ2n) is 6.12. The fraction of sp³-hybridized carbons (Fsp3) is 1.00. The molecule has 4 fully saturated rings. The maximum Gasteiger partial charge on any atom is 0.0875 e. The molecule has 2 bridgehead atoms. The number of rotatable bonds is 5. The van der Waals surface area contributed by atoms with Gasteiger partial charge in [0.2, 0.25) is 0 Å². The van der Waals surface area contributed by atoms with E-state index in [9.17, 15) is 0 Å². The van der Waals surface area contributed by atoms with E-state index >= 15 is 0 Å². The van der Waals surface area contributed by atoms with E-state index in [1.807, 2.05) is 6.92 Å². The number of hydrogen-bond acceptors (Lipinski definition) is 3. The first kappa shape index (κ1) is 10.8. The Morgan fingerprint density at radius 1 is 1.12 bits per heavy atom. The largest absolute Gasteiger partial charge is 0.379 e. The molecule has 17 heavy (non-hydrogen) atoms. The van der Waals surface area contributed by atoms with Crippen LogP contribution in [0.5, 0.6) is 0 Å². The highest BCUT2D eigenvalue weighted by atomic mass is 16.6. The molecule has 0 aromatic carbocycles. The average molecular weight is 238 g/mol. The van der Waals surface area contributed by atoms with Crippen LogP contribution in [-0.2, 0) is 14.2 Å². The minimum Gasteiger partial charge on any atom is -0.379 e. The van der Waals surface area contributed by atoms with Crippen molar-refractivity contribution >= 4 is 0 Å². The van der Waals surface area contributed by atoms with Crippen molar-refractivity contribution in [3.8, 4) is 0 Å². The third kappa shape index (κ3) is 1.59. The van der Waals surface area contributed by atoms with E-state index < -0.39 is 0 Å². The van der Waals surface area contributed by atoms with E-state index in [0.29, 0.717) is 18.3 Å². The zero-order valence-electron chi connectivity index (χ0n) is 10.5. The summed E-state index contributed by atoms with van der Waals surface area (Å²) in [6.07, 6.45) is 5.82. The number of ether oxygens (including phenoxy) is 3. The number of fused-ring (bicyclic) bond motifs is 7. The van der Waals surface area contributed by atoms with Crippen molar-refractivity contribution in [2.45, 2.75) is 44.5 Å². The van der Waals surface area contributed by atoms with Gasteiger partial charge in [0.1, 0.15) is 0 Å². The van der Waals surface area contributed by atoms with Gasteiger partial charge in [0, 0.05) is 6.61 Å². The predicted molar refractivity (Wildman–Crippen MR) is 62.7 cm³/mol. The standard InChI is InChI=1S/C14H22O3/c1-2-15-3-4-16-11-6-8-5-9(11)10-7-12-14(17-12)13(8)10/h8-14H,2-7H2,1H3/t8-,9-,10?,11+,12?,13?,14?/m1/s1. The molecule has 1 heterocycles. The molecule has 1 aliphatic heterocycles. The number of hydrogen-bond donors (Lipinski definition) is 0. The third-order valence-corrected chi connectivity index (χ3v) is 5.45. The zero-order valence-corrected chi connectivity index (χ0v) is 10.5. The molecule has 3 nitrogen and oxygen atoms in total. The van der Waals surface area contributed by atoms with Gasteiger partial charge in [0.05, 0.1) is 31.5 Å². The molecule has 0 aromatic heterocycles. The quantitative estimate of drug-likeness (QED) is 0.541. The summed E-state index contributed by atoms with van der Waals surface area (Å²) in [6.45, 7) is 4.37. The zero-order chi connectivity index (χ0) is 11.4. The first-order valence-electron chi connectivity index (χ1n) is 7.23. The first-order valence-corrected chi connectivity index (χ1v) is 7.23. The van der Waals surface area contributed by atoms with Crippen molar-refractivity contribution in [1.29, 1.82) is 0 Å². The molecule has 4 aliphatic rings. The molecule has 0 spiro atoms. The van der Waals surface area contributed by atoms with Gasteiger partial charge < -0.3 is 14.2 Å². The monoisotopic (exact) mass is 238 g/mol. The highest BCUT2D eigenvalue weighted by molar-refractivity contribution is 5.14. The molecule has 0 radical (unpaired) electrons. The van der Waals surface area contributed by atoms with Crippen LogP contribution < -0.4 is 0 Å². The lowest BCUT2D eigenvalue weighted by Crippen LogP contribution is -2.33. The molecule has 7 atom stereocenters. The van der Waals surface area contributed by atoms with Gasteiger partial charge in [-0.25, -0.2) is 0 Å². The second kappa shape index (κ2) is 3.94. The first-order chi connectivity index (χ1) is 8.38. The normalized spacial score (nSPS) is 53.8. The Labute approximate surface area is 103 Å². The Morgan fingerprint density at radius 3 is 2.94 bits per heavy atom. The molecule has 4 unspecified atom stereocenters. The molecule has 3 heteroatoms. The lowest BCUT2D eigenvalue weighted by molar-refractivity contribution is -0.0424. The van der Waals surface area contributed by atoms with Crippen LogP contribution in [0.25, 0.3) is 0 Å². The van der Waals surface area contributed by atoms with Crippen LogP contribution >= 0.6 is 0 Å². The average Bonchev–Trinajstić information content (AvgIpc) is 2.75. The summed E-state index contributed by atoms with van der Waals surface area (Å²) in [6, 6.07) is 0. The highest BCUT2D eigenvalue weighted by Crippen LogP contribution is 2.64. The van der Waals surface area contributed by atoms with Crippen LogP contribution in [0, 0.1) is 23.7 Å².